The summed E-state index contributed by atoms with van der Waals surface area (Å²) >= 11 is 5.73. The van der Waals surface area contributed by atoms with Gasteiger partial charge in [-0.2, -0.15) is 10.2 Å². The Hall–Kier alpha value is -2.15. The van der Waals surface area contributed by atoms with Crippen LogP contribution in [0.2, 0.25) is 5.15 Å². The van der Waals surface area contributed by atoms with Gasteiger partial charge < -0.3 is 5.32 Å². The molecule has 0 aromatic carbocycles. The number of hydrogen-bond donors (Lipinski definition) is 1. The Kier molecular flexibility index (Phi) is 4.97. The molecule has 0 spiro atoms. The number of carbonyl (C=O) groups is 1. The number of rotatable bonds is 5. The fraction of sp³-hybridized carbons (Fsp3) is 0.429. The van der Waals surface area contributed by atoms with E-state index in [-0.39, 0.29) is 29.2 Å². The topological polar surface area (TPSA) is 81.8 Å². The molecule has 0 fully saturated rings. The maximum absolute atomic E-state index is 12.1. The van der Waals surface area contributed by atoms with Crippen LogP contribution in [-0.4, -0.2) is 25.5 Å². The van der Waals surface area contributed by atoms with Crippen LogP contribution in [-0.2, 0) is 11.3 Å². The molecule has 2 aromatic heterocycles. The Balaban J connectivity index is 2.12. The normalized spacial score (nSPS) is 12.4. The van der Waals surface area contributed by atoms with E-state index in [0.717, 1.165) is 4.68 Å². The average Bonchev–Trinajstić information content (AvgIpc) is 2.89. The van der Waals surface area contributed by atoms with E-state index in [4.69, 9.17) is 11.6 Å². The number of anilines is 1. The zero-order chi connectivity index (χ0) is 16.3. The summed E-state index contributed by atoms with van der Waals surface area (Å²) < 4.78 is 2.76. The number of hydrogen-bond acceptors (Lipinski definition) is 4. The second-order valence-electron chi connectivity index (χ2n) is 5.35. The van der Waals surface area contributed by atoms with Gasteiger partial charge in [0.15, 0.2) is 0 Å². The number of nitrogens with zero attached hydrogens (tertiary/aromatic N) is 4. The maximum Gasteiger partial charge on any atom is 0.267 e. The highest BCUT2D eigenvalue weighted by atomic mass is 35.5. The summed E-state index contributed by atoms with van der Waals surface area (Å²) in [7, 11) is 0. The summed E-state index contributed by atoms with van der Waals surface area (Å²) in [6, 6.07) is 4.51. The standard InChI is InChI=1S/C14H18ClN5O2/c1-9(2)10(3)20-12(6-7-16-20)17-13(21)8-19-14(22)5-4-11(15)18-19/h4-7,9-10H,8H2,1-3H3,(H,17,21)/t10-/m0/s1. The molecule has 2 heterocycles. The molecule has 0 aliphatic carbocycles. The van der Waals surface area contributed by atoms with Crippen molar-refractivity contribution >= 4 is 23.3 Å². The third-order valence-electron chi connectivity index (χ3n) is 3.42. The van der Waals surface area contributed by atoms with E-state index in [0.29, 0.717) is 11.7 Å². The third kappa shape index (κ3) is 3.73. The largest absolute Gasteiger partial charge is 0.309 e. The first-order valence-corrected chi connectivity index (χ1v) is 7.33. The number of carbonyl (C=O) groups excluding carboxylic acids is 1. The van der Waals surface area contributed by atoms with E-state index < -0.39 is 0 Å². The van der Waals surface area contributed by atoms with Gasteiger partial charge >= 0.3 is 0 Å². The fourth-order valence-electron chi connectivity index (χ4n) is 1.88. The minimum atomic E-state index is -0.386. The maximum atomic E-state index is 12.1. The van der Waals surface area contributed by atoms with Gasteiger partial charge in [0.2, 0.25) is 5.91 Å². The van der Waals surface area contributed by atoms with E-state index in [1.165, 1.54) is 12.1 Å². The first-order chi connectivity index (χ1) is 10.4. The van der Waals surface area contributed by atoms with Gasteiger partial charge in [-0.3, -0.25) is 9.59 Å². The predicted octanol–water partition coefficient (Wildman–Crippen LogP) is 1.95. The Morgan fingerprint density at radius 2 is 2.05 bits per heavy atom. The van der Waals surface area contributed by atoms with Crippen molar-refractivity contribution in [1.29, 1.82) is 0 Å². The van der Waals surface area contributed by atoms with E-state index in [9.17, 15) is 9.59 Å². The van der Waals surface area contributed by atoms with Gasteiger partial charge in [0.05, 0.1) is 12.2 Å². The first-order valence-electron chi connectivity index (χ1n) is 6.95. The average molecular weight is 324 g/mol. The van der Waals surface area contributed by atoms with E-state index in [1.54, 1.807) is 16.9 Å². The molecule has 8 heteroatoms. The van der Waals surface area contributed by atoms with Crippen molar-refractivity contribution in [3.05, 3.63) is 39.9 Å². The lowest BCUT2D eigenvalue weighted by Gasteiger charge is -2.19. The van der Waals surface area contributed by atoms with Crippen molar-refractivity contribution in [2.24, 2.45) is 5.92 Å². The highest BCUT2D eigenvalue weighted by Crippen LogP contribution is 2.20. The van der Waals surface area contributed by atoms with Crippen molar-refractivity contribution in [3.63, 3.8) is 0 Å². The van der Waals surface area contributed by atoms with Crippen LogP contribution < -0.4 is 10.9 Å². The second-order valence-corrected chi connectivity index (χ2v) is 5.73. The molecule has 0 saturated heterocycles. The second kappa shape index (κ2) is 6.74. The van der Waals surface area contributed by atoms with Gasteiger partial charge in [-0.1, -0.05) is 25.4 Å². The molecule has 1 amide bonds. The van der Waals surface area contributed by atoms with Crippen LogP contribution in [0, 0.1) is 5.92 Å². The molecule has 22 heavy (non-hydrogen) atoms. The molecule has 1 atom stereocenters. The Labute approximate surface area is 132 Å². The molecule has 7 nitrogen and oxygen atoms in total. The number of amides is 1. The minimum absolute atomic E-state index is 0.136. The van der Waals surface area contributed by atoms with Crippen molar-refractivity contribution in [1.82, 2.24) is 19.6 Å². The Morgan fingerprint density at radius 1 is 1.32 bits per heavy atom. The predicted molar refractivity (Wildman–Crippen MR) is 83.9 cm³/mol. The summed E-state index contributed by atoms with van der Waals surface area (Å²) in [4.78, 5) is 23.7. The van der Waals surface area contributed by atoms with Gasteiger partial charge in [0.25, 0.3) is 5.56 Å². The Bertz CT molecular complexity index is 722. The minimum Gasteiger partial charge on any atom is -0.309 e. The SMILES string of the molecule is CC(C)[C@H](C)n1nccc1NC(=O)Cn1nc(Cl)ccc1=O. The molecule has 0 bridgehead atoms. The van der Waals surface area contributed by atoms with Crippen molar-refractivity contribution in [2.45, 2.75) is 33.4 Å². The van der Waals surface area contributed by atoms with Gasteiger partial charge in [-0.15, -0.1) is 0 Å². The molecule has 0 aliphatic heterocycles. The fourth-order valence-corrected chi connectivity index (χ4v) is 2.03. The lowest BCUT2D eigenvalue weighted by atomic mass is 10.1. The molecule has 2 aromatic rings. The smallest absolute Gasteiger partial charge is 0.267 e. The molecule has 0 unspecified atom stereocenters. The van der Waals surface area contributed by atoms with Gasteiger partial charge in [-0.25, -0.2) is 9.36 Å². The number of halogens is 1. The molecule has 0 radical (unpaired) electrons. The van der Waals surface area contributed by atoms with Crippen LogP contribution in [0.25, 0.3) is 0 Å². The van der Waals surface area contributed by atoms with Crippen LogP contribution in [0.15, 0.2) is 29.2 Å². The summed E-state index contributed by atoms with van der Waals surface area (Å²) in [5, 5.41) is 10.9. The monoisotopic (exact) mass is 323 g/mol. The molecule has 0 aliphatic rings. The molecule has 1 N–H and O–H groups in total. The van der Waals surface area contributed by atoms with Crippen molar-refractivity contribution in [3.8, 4) is 0 Å². The quantitative estimate of drug-likeness (QED) is 0.911. The summed E-state index contributed by atoms with van der Waals surface area (Å²) in [6.45, 7) is 5.97. The van der Waals surface area contributed by atoms with Gasteiger partial charge in [-0.05, 0) is 18.9 Å². The van der Waals surface area contributed by atoms with Crippen molar-refractivity contribution in [2.75, 3.05) is 5.32 Å². The lowest BCUT2D eigenvalue weighted by Crippen LogP contribution is -2.30. The molecular formula is C14H18ClN5O2. The van der Waals surface area contributed by atoms with E-state index in [1.807, 2.05) is 6.92 Å². The molecule has 0 saturated carbocycles. The van der Waals surface area contributed by atoms with E-state index in [2.05, 4.69) is 29.4 Å². The van der Waals surface area contributed by atoms with Crippen LogP contribution in [0.3, 0.4) is 0 Å². The highest BCUT2D eigenvalue weighted by molar-refractivity contribution is 6.29. The third-order valence-corrected chi connectivity index (χ3v) is 3.62. The Morgan fingerprint density at radius 3 is 2.73 bits per heavy atom. The number of aromatic nitrogens is 4. The molecular weight excluding hydrogens is 306 g/mol. The van der Waals surface area contributed by atoms with E-state index >= 15 is 0 Å². The van der Waals surface area contributed by atoms with Crippen LogP contribution in [0.5, 0.6) is 0 Å². The number of nitrogens with one attached hydrogen (secondary N) is 1. The summed E-state index contributed by atoms with van der Waals surface area (Å²) in [5.41, 5.74) is -0.386. The summed E-state index contributed by atoms with van der Waals surface area (Å²) in [6.07, 6.45) is 1.62. The lowest BCUT2D eigenvalue weighted by molar-refractivity contribution is -0.117. The molecule has 118 valence electrons. The molecule has 2 rings (SSSR count). The first kappa shape index (κ1) is 16.2. The summed E-state index contributed by atoms with van der Waals surface area (Å²) in [5.74, 6) is 0.587. The zero-order valence-electron chi connectivity index (χ0n) is 12.7. The van der Waals surface area contributed by atoms with Crippen molar-refractivity contribution < 1.29 is 4.79 Å². The zero-order valence-corrected chi connectivity index (χ0v) is 13.4. The highest BCUT2D eigenvalue weighted by Gasteiger charge is 2.15. The van der Waals surface area contributed by atoms with Crippen LogP contribution in [0.4, 0.5) is 5.82 Å². The van der Waals surface area contributed by atoms with Gasteiger partial charge in [0, 0.05) is 12.1 Å². The van der Waals surface area contributed by atoms with Crippen LogP contribution >= 0.6 is 11.6 Å². The van der Waals surface area contributed by atoms with Gasteiger partial charge in [0.1, 0.15) is 17.5 Å². The van der Waals surface area contributed by atoms with Crippen LogP contribution in [0.1, 0.15) is 26.8 Å².